The predicted octanol–water partition coefficient (Wildman–Crippen LogP) is 1.23. The fourth-order valence-electron chi connectivity index (χ4n) is 1.42. The smallest absolute Gasteiger partial charge is 0.0982 e. The molecular weight excluding hydrogens is 216 g/mol. The Labute approximate surface area is 105 Å². The van der Waals surface area contributed by atoms with E-state index in [9.17, 15) is 4.91 Å². The van der Waals surface area contributed by atoms with Crippen molar-refractivity contribution in [2.45, 2.75) is 45.1 Å². The van der Waals surface area contributed by atoms with E-state index in [1.807, 2.05) is 13.8 Å². The van der Waals surface area contributed by atoms with E-state index in [4.69, 9.17) is 5.73 Å². The molecule has 4 N–H and O–H groups in total. The molecule has 0 aromatic heterocycles. The van der Waals surface area contributed by atoms with Gasteiger partial charge in [-0.15, -0.1) is 0 Å². The van der Waals surface area contributed by atoms with Crippen molar-refractivity contribution in [3.63, 3.8) is 0 Å². The Balaban J connectivity index is 3.11. The molecule has 0 heterocycles. The van der Waals surface area contributed by atoms with Crippen molar-refractivity contribution in [1.82, 2.24) is 10.6 Å². The highest BCUT2D eigenvalue weighted by molar-refractivity contribution is 4.76. The van der Waals surface area contributed by atoms with E-state index in [1.165, 1.54) is 6.42 Å². The number of nitrogens with one attached hydrogen (secondary N) is 2. The van der Waals surface area contributed by atoms with Crippen LogP contribution in [-0.4, -0.2) is 38.3 Å². The first kappa shape index (κ1) is 16.5. The Morgan fingerprint density at radius 3 is 2.06 bits per heavy atom. The minimum absolute atomic E-state index is 0.434. The van der Waals surface area contributed by atoms with Crippen LogP contribution in [0.5, 0.6) is 0 Å². The van der Waals surface area contributed by atoms with Gasteiger partial charge in [-0.3, -0.25) is 0 Å². The molecule has 0 amide bonds. The lowest BCUT2D eigenvalue weighted by molar-refractivity contribution is 0.451. The Morgan fingerprint density at radius 1 is 1.00 bits per heavy atom. The molecule has 102 valence electrons. The Hall–Kier alpha value is -0.520. The molecule has 0 aliphatic heterocycles. The van der Waals surface area contributed by atoms with Crippen molar-refractivity contribution in [2.75, 3.05) is 32.7 Å². The number of rotatable bonds is 12. The number of nitrogens with two attached hydrogens (primary N) is 1. The standard InChI is InChI=1S/C12H28N4O/c1-12(2,16-17)6-11-15-9-4-3-8-14-10-5-7-13/h14-15H,3-11,13H2,1-2H3. The van der Waals surface area contributed by atoms with Gasteiger partial charge in [0.05, 0.1) is 5.54 Å². The van der Waals surface area contributed by atoms with E-state index in [1.54, 1.807) is 0 Å². The summed E-state index contributed by atoms with van der Waals surface area (Å²) in [4.78, 5) is 10.4. The molecule has 0 aliphatic rings. The largest absolute Gasteiger partial charge is 0.330 e. The van der Waals surface area contributed by atoms with Crippen LogP contribution in [-0.2, 0) is 0 Å². The third kappa shape index (κ3) is 11.7. The first-order valence-electron chi connectivity index (χ1n) is 6.58. The van der Waals surface area contributed by atoms with Gasteiger partial charge in [0, 0.05) is 0 Å². The molecule has 0 rings (SSSR count). The minimum atomic E-state index is -0.434. The van der Waals surface area contributed by atoms with Crippen LogP contribution in [0.4, 0.5) is 0 Å². The van der Waals surface area contributed by atoms with Crippen molar-refractivity contribution in [2.24, 2.45) is 10.9 Å². The lowest BCUT2D eigenvalue weighted by atomic mass is 10.0. The zero-order valence-corrected chi connectivity index (χ0v) is 11.3. The zero-order chi connectivity index (χ0) is 13.0. The SMILES string of the molecule is CC(C)(CCNCCCCNCCCN)N=O. The molecule has 0 saturated carbocycles. The summed E-state index contributed by atoms with van der Waals surface area (Å²) in [7, 11) is 0. The molecule has 5 nitrogen and oxygen atoms in total. The predicted molar refractivity (Wildman–Crippen MR) is 73.1 cm³/mol. The Kier molecular flexibility index (Phi) is 10.3. The molecule has 5 heteroatoms. The van der Waals surface area contributed by atoms with E-state index in [2.05, 4.69) is 15.8 Å². The van der Waals surface area contributed by atoms with Gasteiger partial charge in [-0.1, -0.05) is 5.18 Å². The lowest BCUT2D eigenvalue weighted by Crippen LogP contribution is -2.26. The molecular formula is C12H28N4O. The lowest BCUT2D eigenvalue weighted by Gasteiger charge is -2.14. The first-order chi connectivity index (χ1) is 8.12. The van der Waals surface area contributed by atoms with Crippen LogP contribution in [0.15, 0.2) is 5.18 Å². The molecule has 0 unspecified atom stereocenters. The third-order valence-corrected chi connectivity index (χ3v) is 2.68. The molecule has 17 heavy (non-hydrogen) atoms. The number of nitrogens with zero attached hydrogens (tertiary/aromatic N) is 1. The van der Waals surface area contributed by atoms with Gasteiger partial charge in [0.25, 0.3) is 0 Å². The van der Waals surface area contributed by atoms with Gasteiger partial charge in [-0.05, 0) is 72.3 Å². The van der Waals surface area contributed by atoms with Gasteiger partial charge in [-0.25, -0.2) is 0 Å². The number of unbranched alkanes of at least 4 members (excludes halogenated alkanes) is 1. The summed E-state index contributed by atoms with van der Waals surface area (Å²) in [5, 5.41) is 9.76. The van der Waals surface area contributed by atoms with E-state index >= 15 is 0 Å². The fraction of sp³-hybridized carbons (Fsp3) is 1.00. The maximum Gasteiger partial charge on any atom is 0.0982 e. The van der Waals surface area contributed by atoms with Crippen molar-refractivity contribution >= 4 is 0 Å². The van der Waals surface area contributed by atoms with Crippen LogP contribution in [0.2, 0.25) is 0 Å². The van der Waals surface area contributed by atoms with Gasteiger partial charge >= 0.3 is 0 Å². The Morgan fingerprint density at radius 2 is 1.53 bits per heavy atom. The van der Waals surface area contributed by atoms with E-state index in [-0.39, 0.29) is 0 Å². The van der Waals surface area contributed by atoms with Gasteiger partial charge in [0.1, 0.15) is 0 Å². The molecule has 0 aromatic carbocycles. The number of hydrogen-bond acceptors (Lipinski definition) is 5. The molecule has 0 aliphatic carbocycles. The van der Waals surface area contributed by atoms with Gasteiger partial charge in [0.15, 0.2) is 0 Å². The second-order valence-corrected chi connectivity index (χ2v) is 5.00. The average molecular weight is 244 g/mol. The topological polar surface area (TPSA) is 79.5 Å². The van der Waals surface area contributed by atoms with Crippen molar-refractivity contribution in [3.8, 4) is 0 Å². The first-order valence-corrected chi connectivity index (χ1v) is 6.58. The molecule has 0 radical (unpaired) electrons. The third-order valence-electron chi connectivity index (χ3n) is 2.68. The Bertz CT molecular complexity index is 185. The van der Waals surface area contributed by atoms with Gasteiger partial charge < -0.3 is 16.4 Å². The van der Waals surface area contributed by atoms with Crippen molar-refractivity contribution in [1.29, 1.82) is 0 Å². The highest BCUT2D eigenvalue weighted by Crippen LogP contribution is 2.11. The van der Waals surface area contributed by atoms with Crippen LogP contribution < -0.4 is 16.4 Å². The maximum absolute atomic E-state index is 10.4. The fourth-order valence-corrected chi connectivity index (χ4v) is 1.42. The summed E-state index contributed by atoms with van der Waals surface area (Å²) in [5.74, 6) is 0. The van der Waals surface area contributed by atoms with Gasteiger partial charge in [0.2, 0.25) is 0 Å². The second-order valence-electron chi connectivity index (χ2n) is 5.00. The maximum atomic E-state index is 10.4. The van der Waals surface area contributed by atoms with E-state index < -0.39 is 5.54 Å². The van der Waals surface area contributed by atoms with Crippen LogP contribution in [0.3, 0.4) is 0 Å². The number of nitroso groups, excluding NO2 is 1. The summed E-state index contributed by atoms with van der Waals surface area (Å²) in [6.45, 7) is 8.43. The molecule has 0 bridgehead atoms. The average Bonchev–Trinajstić information content (AvgIpc) is 2.31. The number of hydrogen-bond donors (Lipinski definition) is 3. The second kappa shape index (κ2) is 10.6. The zero-order valence-electron chi connectivity index (χ0n) is 11.3. The normalized spacial score (nSPS) is 11.7. The highest BCUT2D eigenvalue weighted by Gasteiger charge is 2.16. The molecule has 0 fully saturated rings. The quantitative estimate of drug-likeness (QED) is 0.356. The van der Waals surface area contributed by atoms with Crippen molar-refractivity contribution in [3.05, 3.63) is 4.91 Å². The molecule has 0 saturated heterocycles. The van der Waals surface area contributed by atoms with E-state index in [0.717, 1.165) is 52.0 Å². The molecule has 0 atom stereocenters. The van der Waals surface area contributed by atoms with Crippen LogP contribution in [0, 0.1) is 4.91 Å². The summed E-state index contributed by atoms with van der Waals surface area (Å²) in [6, 6.07) is 0. The van der Waals surface area contributed by atoms with Crippen molar-refractivity contribution < 1.29 is 0 Å². The van der Waals surface area contributed by atoms with Crippen LogP contribution in [0.1, 0.15) is 39.5 Å². The molecule has 0 spiro atoms. The van der Waals surface area contributed by atoms with E-state index in [0.29, 0.717) is 0 Å². The minimum Gasteiger partial charge on any atom is -0.330 e. The molecule has 0 aromatic rings. The summed E-state index contributed by atoms with van der Waals surface area (Å²) in [6.07, 6.45) is 4.18. The summed E-state index contributed by atoms with van der Waals surface area (Å²) < 4.78 is 0. The highest BCUT2D eigenvalue weighted by atomic mass is 16.3. The van der Waals surface area contributed by atoms with Crippen LogP contribution in [0.25, 0.3) is 0 Å². The van der Waals surface area contributed by atoms with Gasteiger partial charge in [-0.2, -0.15) is 4.91 Å². The van der Waals surface area contributed by atoms with Crippen LogP contribution >= 0.6 is 0 Å². The summed E-state index contributed by atoms with van der Waals surface area (Å²) >= 11 is 0. The summed E-state index contributed by atoms with van der Waals surface area (Å²) in [5.41, 5.74) is 4.96. The monoisotopic (exact) mass is 244 g/mol.